The van der Waals surface area contributed by atoms with E-state index in [2.05, 4.69) is 23.1 Å². The second-order valence-electron chi connectivity index (χ2n) is 3.39. The third-order valence-electron chi connectivity index (χ3n) is 2.29. The maximum absolute atomic E-state index is 11.3. The highest BCUT2D eigenvalue weighted by Gasteiger charge is 2.16. The minimum Gasteiger partial charge on any atom is -0.468 e. The van der Waals surface area contributed by atoms with Crippen molar-refractivity contribution in [3.05, 3.63) is 11.6 Å². The summed E-state index contributed by atoms with van der Waals surface area (Å²) in [5.74, 6) is 0.288. The first kappa shape index (κ1) is 15.4. The summed E-state index contributed by atoms with van der Waals surface area (Å²) in [6.45, 7) is 2.95. The SMILES string of the molecule is CC/C(=C\CCCl)CN[C@H](CN)C(=O)OC. The van der Waals surface area contributed by atoms with Crippen molar-refractivity contribution in [1.82, 2.24) is 5.32 Å². The molecule has 0 aliphatic rings. The summed E-state index contributed by atoms with van der Waals surface area (Å²) in [6.07, 6.45) is 3.87. The van der Waals surface area contributed by atoms with E-state index in [9.17, 15) is 4.79 Å². The van der Waals surface area contributed by atoms with Gasteiger partial charge in [-0.2, -0.15) is 0 Å². The molecule has 0 rings (SSSR count). The number of allylic oxidation sites excluding steroid dienone is 1. The van der Waals surface area contributed by atoms with Crippen LogP contribution in [0.2, 0.25) is 0 Å². The molecule has 0 unspecified atom stereocenters. The number of hydrogen-bond donors (Lipinski definition) is 2. The molecule has 0 heterocycles. The van der Waals surface area contributed by atoms with Crippen LogP contribution < -0.4 is 11.1 Å². The van der Waals surface area contributed by atoms with Gasteiger partial charge in [0.15, 0.2) is 0 Å². The smallest absolute Gasteiger partial charge is 0.324 e. The molecule has 94 valence electrons. The van der Waals surface area contributed by atoms with Crippen LogP contribution in [0.25, 0.3) is 0 Å². The molecule has 0 saturated heterocycles. The summed E-state index contributed by atoms with van der Waals surface area (Å²) in [5.41, 5.74) is 6.70. The standard InChI is InChI=1S/C11H21ClN2O2/c1-3-9(5-4-6-12)8-14-10(7-13)11(15)16-2/h5,10,14H,3-4,6-8,13H2,1-2H3/b9-5+/t10-/m1/s1. The molecule has 0 radical (unpaired) electrons. The van der Waals surface area contributed by atoms with Gasteiger partial charge in [0.2, 0.25) is 0 Å². The summed E-state index contributed by atoms with van der Waals surface area (Å²) < 4.78 is 4.63. The predicted molar refractivity (Wildman–Crippen MR) is 66.6 cm³/mol. The second kappa shape index (κ2) is 9.63. The number of esters is 1. The molecular weight excluding hydrogens is 228 g/mol. The van der Waals surface area contributed by atoms with E-state index in [0.29, 0.717) is 12.4 Å². The molecule has 1 atom stereocenters. The average Bonchev–Trinajstić information content (AvgIpc) is 2.33. The summed E-state index contributed by atoms with van der Waals surface area (Å²) >= 11 is 5.61. The van der Waals surface area contributed by atoms with Gasteiger partial charge in [-0.1, -0.05) is 18.6 Å². The minimum absolute atomic E-state index is 0.235. The predicted octanol–water partition coefficient (Wildman–Crippen LogP) is 1.04. The quantitative estimate of drug-likeness (QED) is 0.383. The lowest BCUT2D eigenvalue weighted by Crippen LogP contribution is -2.44. The van der Waals surface area contributed by atoms with Crippen molar-refractivity contribution in [3.8, 4) is 0 Å². The van der Waals surface area contributed by atoms with Gasteiger partial charge in [0.05, 0.1) is 7.11 Å². The number of carbonyl (C=O) groups excluding carboxylic acids is 1. The summed E-state index contributed by atoms with van der Waals surface area (Å²) in [6, 6.07) is -0.434. The van der Waals surface area contributed by atoms with Crippen molar-refractivity contribution in [1.29, 1.82) is 0 Å². The van der Waals surface area contributed by atoms with E-state index in [1.54, 1.807) is 0 Å². The number of nitrogens with one attached hydrogen (secondary N) is 1. The van der Waals surface area contributed by atoms with E-state index in [1.807, 2.05) is 0 Å². The average molecular weight is 249 g/mol. The van der Waals surface area contributed by atoms with E-state index in [0.717, 1.165) is 12.8 Å². The van der Waals surface area contributed by atoms with Crippen molar-refractivity contribution in [2.45, 2.75) is 25.8 Å². The van der Waals surface area contributed by atoms with Gasteiger partial charge >= 0.3 is 5.97 Å². The lowest BCUT2D eigenvalue weighted by molar-refractivity contribution is -0.142. The Morgan fingerprint density at radius 2 is 2.31 bits per heavy atom. The molecule has 0 amide bonds. The van der Waals surface area contributed by atoms with Crippen molar-refractivity contribution in [3.63, 3.8) is 0 Å². The molecule has 0 fully saturated rings. The molecule has 0 aromatic heterocycles. The summed E-state index contributed by atoms with van der Waals surface area (Å²) in [4.78, 5) is 11.3. The fourth-order valence-electron chi connectivity index (χ4n) is 1.26. The number of carbonyl (C=O) groups is 1. The van der Waals surface area contributed by atoms with Crippen LogP contribution >= 0.6 is 11.6 Å². The van der Waals surface area contributed by atoms with Gasteiger partial charge in [-0.3, -0.25) is 10.1 Å². The van der Waals surface area contributed by atoms with E-state index < -0.39 is 6.04 Å². The fraction of sp³-hybridized carbons (Fsp3) is 0.727. The van der Waals surface area contributed by atoms with Gasteiger partial charge in [0.1, 0.15) is 6.04 Å². The topological polar surface area (TPSA) is 64.3 Å². The highest BCUT2D eigenvalue weighted by molar-refractivity contribution is 6.17. The van der Waals surface area contributed by atoms with E-state index in [4.69, 9.17) is 17.3 Å². The van der Waals surface area contributed by atoms with Crippen LogP contribution in [0.3, 0.4) is 0 Å². The highest BCUT2D eigenvalue weighted by atomic mass is 35.5. The molecule has 0 aromatic carbocycles. The lowest BCUT2D eigenvalue weighted by atomic mass is 10.1. The van der Waals surface area contributed by atoms with Gasteiger partial charge in [0, 0.05) is 19.0 Å². The number of halogens is 1. The Morgan fingerprint density at radius 1 is 1.62 bits per heavy atom. The third kappa shape index (κ3) is 6.10. The maximum atomic E-state index is 11.3. The first-order valence-corrected chi connectivity index (χ1v) is 5.98. The van der Waals surface area contributed by atoms with E-state index >= 15 is 0 Å². The molecule has 0 spiro atoms. The normalized spacial score (nSPS) is 13.6. The van der Waals surface area contributed by atoms with Crippen molar-refractivity contribution in [2.75, 3.05) is 26.1 Å². The molecule has 0 aliphatic heterocycles. The number of alkyl halides is 1. The Hall–Kier alpha value is -0.580. The van der Waals surface area contributed by atoms with Gasteiger partial charge in [-0.25, -0.2) is 0 Å². The molecule has 0 aromatic rings. The number of nitrogens with two attached hydrogens (primary N) is 1. The van der Waals surface area contributed by atoms with Gasteiger partial charge < -0.3 is 10.5 Å². The van der Waals surface area contributed by atoms with Crippen LogP contribution in [0.1, 0.15) is 19.8 Å². The zero-order valence-corrected chi connectivity index (χ0v) is 10.7. The minimum atomic E-state index is -0.434. The first-order chi connectivity index (χ1) is 7.69. The number of rotatable bonds is 8. The van der Waals surface area contributed by atoms with Crippen LogP contribution in [0.5, 0.6) is 0 Å². The van der Waals surface area contributed by atoms with Crippen molar-refractivity contribution >= 4 is 17.6 Å². The molecule has 16 heavy (non-hydrogen) atoms. The Kier molecular flexibility index (Phi) is 9.28. The van der Waals surface area contributed by atoms with Crippen molar-refractivity contribution in [2.24, 2.45) is 5.73 Å². The second-order valence-corrected chi connectivity index (χ2v) is 3.76. The largest absolute Gasteiger partial charge is 0.468 e. The molecule has 3 N–H and O–H groups in total. The number of methoxy groups -OCH3 is 1. The monoisotopic (exact) mass is 248 g/mol. The molecule has 0 bridgehead atoms. The molecule has 4 nitrogen and oxygen atoms in total. The summed E-state index contributed by atoms with van der Waals surface area (Å²) in [7, 11) is 1.36. The van der Waals surface area contributed by atoms with Crippen LogP contribution in [-0.2, 0) is 9.53 Å². The van der Waals surface area contributed by atoms with Crippen molar-refractivity contribution < 1.29 is 9.53 Å². The Morgan fingerprint density at radius 3 is 2.75 bits per heavy atom. The van der Waals surface area contributed by atoms with E-state index in [1.165, 1.54) is 12.7 Å². The fourth-order valence-corrected chi connectivity index (χ4v) is 1.37. The molecule has 0 saturated carbocycles. The Labute approximate surface area is 102 Å². The number of ether oxygens (including phenoxy) is 1. The highest BCUT2D eigenvalue weighted by Crippen LogP contribution is 2.02. The number of hydrogen-bond acceptors (Lipinski definition) is 4. The maximum Gasteiger partial charge on any atom is 0.324 e. The van der Waals surface area contributed by atoms with Crippen LogP contribution in [0.4, 0.5) is 0 Å². The summed E-state index contributed by atoms with van der Waals surface area (Å²) in [5, 5.41) is 3.07. The van der Waals surface area contributed by atoms with Gasteiger partial charge in [0.25, 0.3) is 0 Å². The Bertz CT molecular complexity index is 232. The van der Waals surface area contributed by atoms with Gasteiger partial charge in [-0.15, -0.1) is 11.6 Å². The van der Waals surface area contributed by atoms with E-state index in [-0.39, 0.29) is 12.5 Å². The zero-order chi connectivity index (χ0) is 12.4. The third-order valence-corrected chi connectivity index (χ3v) is 2.51. The Balaban J connectivity index is 4.12. The molecular formula is C11H21ClN2O2. The van der Waals surface area contributed by atoms with Gasteiger partial charge in [-0.05, 0) is 12.8 Å². The lowest BCUT2D eigenvalue weighted by Gasteiger charge is -2.15. The van der Waals surface area contributed by atoms with Crippen LogP contribution in [0, 0.1) is 0 Å². The molecule has 5 heteroatoms. The van der Waals surface area contributed by atoms with Crippen LogP contribution in [0.15, 0.2) is 11.6 Å². The first-order valence-electron chi connectivity index (χ1n) is 5.44. The van der Waals surface area contributed by atoms with Crippen LogP contribution in [-0.4, -0.2) is 38.1 Å². The molecule has 0 aliphatic carbocycles. The zero-order valence-electron chi connectivity index (χ0n) is 9.96.